The first-order valence-electron chi connectivity index (χ1n) is 6.12. The van der Waals surface area contributed by atoms with Crippen molar-refractivity contribution in [2.24, 2.45) is 0 Å². The highest BCUT2D eigenvalue weighted by Gasteiger charge is 2.28. The van der Waals surface area contributed by atoms with Crippen molar-refractivity contribution in [3.8, 4) is 0 Å². The summed E-state index contributed by atoms with van der Waals surface area (Å²) in [5, 5.41) is 0. The SMILES string of the molecule is O=P(O)(S)OC[C@@H]1CC[C@H](C2=C/C=C\C=C/C=C\2)O1. The van der Waals surface area contributed by atoms with E-state index in [9.17, 15) is 4.57 Å². The third-order valence-corrected chi connectivity index (χ3v) is 3.76. The molecule has 1 saturated heterocycles. The molecule has 1 heterocycles. The van der Waals surface area contributed by atoms with Crippen molar-refractivity contribution < 1.29 is 18.7 Å². The van der Waals surface area contributed by atoms with Gasteiger partial charge in [-0.1, -0.05) is 54.8 Å². The summed E-state index contributed by atoms with van der Waals surface area (Å²) in [4.78, 5) is 8.96. The molecule has 0 aromatic rings. The fourth-order valence-corrected chi connectivity index (χ4v) is 2.61. The van der Waals surface area contributed by atoms with Crippen LogP contribution in [0.5, 0.6) is 0 Å². The summed E-state index contributed by atoms with van der Waals surface area (Å²) in [6.45, 7) is -3.62. The molecule has 0 aromatic carbocycles. The van der Waals surface area contributed by atoms with Crippen LogP contribution in [0.4, 0.5) is 0 Å². The van der Waals surface area contributed by atoms with Gasteiger partial charge < -0.3 is 9.63 Å². The summed E-state index contributed by atoms with van der Waals surface area (Å²) in [5.74, 6) is 0. The van der Waals surface area contributed by atoms with E-state index >= 15 is 0 Å². The molecule has 1 fully saturated rings. The smallest absolute Gasteiger partial charge is 0.368 e. The van der Waals surface area contributed by atoms with Crippen molar-refractivity contribution in [1.29, 1.82) is 0 Å². The number of hydrogen-bond donors (Lipinski definition) is 2. The fraction of sp³-hybridized carbons (Fsp3) is 0.385. The maximum Gasteiger partial charge on any atom is 0.383 e. The molecule has 19 heavy (non-hydrogen) atoms. The zero-order chi connectivity index (χ0) is 13.7. The number of hydrogen-bond acceptors (Lipinski definition) is 3. The Morgan fingerprint density at radius 3 is 2.84 bits per heavy atom. The Labute approximate surface area is 118 Å². The maximum absolute atomic E-state index is 10.9. The van der Waals surface area contributed by atoms with Crippen molar-refractivity contribution in [3.05, 3.63) is 48.1 Å². The highest BCUT2D eigenvalue weighted by Crippen LogP contribution is 2.47. The average molecular weight is 300 g/mol. The van der Waals surface area contributed by atoms with E-state index in [4.69, 9.17) is 14.2 Å². The van der Waals surface area contributed by atoms with E-state index in [-0.39, 0.29) is 18.8 Å². The first kappa shape index (κ1) is 14.8. The summed E-state index contributed by atoms with van der Waals surface area (Å²) in [6.07, 6.45) is 15.4. The van der Waals surface area contributed by atoms with Gasteiger partial charge in [-0.05, 0) is 18.4 Å². The van der Waals surface area contributed by atoms with Crippen LogP contribution >= 0.6 is 19.0 Å². The van der Waals surface area contributed by atoms with Gasteiger partial charge in [-0.15, -0.1) is 0 Å². The van der Waals surface area contributed by atoms with Gasteiger partial charge in [-0.2, -0.15) is 0 Å². The van der Waals surface area contributed by atoms with Crippen molar-refractivity contribution >= 4 is 19.0 Å². The fourth-order valence-electron chi connectivity index (χ4n) is 2.05. The van der Waals surface area contributed by atoms with Crippen molar-refractivity contribution in [3.63, 3.8) is 0 Å². The standard InChI is InChI=1S/C13H17O4PS/c14-18(15,19)16-10-12-8-9-13(17-12)11-6-4-2-1-3-5-7-11/h1-7,12-13H,8-10H2,(H2,14,15,19)/b2-1-,3-1?,4-2?,5-3-,6-4-,7-5?,11-6?,11-7+/t12-,13+/m0/s1. The van der Waals surface area contributed by atoms with Crippen LogP contribution in [-0.4, -0.2) is 23.7 Å². The Kier molecular flexibility index (Phi) is 5.25. The molecular weight excluding hydrogens is 283 g/mol. The normalized spacial score (nSPS) is 37.5. The molecule has 2 rings (SSSR count). The lowest BCUT2D eigenvalue weighted by atomic mass is 10.0. The van der Waals surface area contributed by atoms with Gasteiger partial charge in [0.05, 0.1) is 18.8 Å². The second kappa shape index (κ2) is 6.73. The maximum atomic E-state index is 10.9. The first-order valence-corrected chi connectivity index (χ1v) is 8.85. The third kappa shape index (κ3) is 5.13. The molecule has 3 atom stereocenters. The predicted octanol–water partition coefficient (Wildman–Crippen LogP) is 3.19. The zero-order valence-corrected chi connectivity index (χ0v) is 12.2. The largest absolute Gasteiger partial charge is 0.383 e. The molecule has 4 nitrogen and oxygen atoms in total. The molecule has 0 bridgehead atoms. The van der Waals surface area contributed by atoms with Crippen LogP contribution in [0, 0.1) is 0 Å². The van der Waals surface area contributed by atoms with Crippen LogP contribution in [0.1, 0.15) is 12.8 Å². The Hall–Kier alpha value is -0.580. The van der Waals surface area contributed by atoms with Gasteiger partial charge in [-0.25, -0.2) is 4.57 Å². The van der Waals surface area contributed by atoms with Crippen LogP contribution in [-0.2, 0) is 13.8 Å². The molecule has 1 aliphatic carbocycles. The molecule has 0 amide bonds. The van der Waals surface area contributed by atoms with E-state index < -0.39 is 6.80 Å². The van der Waals surface area contributed by atoms with Crippen LogP contribution in [0.15, 0.2) is 48.1 Å². The Morgan fingerprint density at radius 2 is 2.05 bits per heavy atom. The van der Waals surface area contributed by atoms with Gasteiger partial charge in [0.25, 0.3) is 0 Å². The molecule has 0 aromatic heterocycles. The molecule has 0 radical (unpaired) electrons. The van der Waals surface area contributed by atoms with Crippen LogP contribution in [0.2, 0.25) is 0 Å². The van der Waals surface area contributed by atoms with Crippen molar-refractivity contribution in [1.82, 2.24) is 0 Å². The number of thiol groups is 1. The highest BCUT2D eigenvalue weighted by molar-refractivity contribution is 8.44. The Bertz CT molecular complexity index is 475. The number of ether oxygens (including phenoxy) is 1. The van der Waals surface area contributed by atoms with E-state index in [2.05, 4.69) is 12.2 Å². The van der Waals surface area contributed by atoms with E-state index in [1.54, 1.807) is 0 Å². The molecule has 0 spiro atoms. The van der Waals surface area contributed by atoms with Gasteiger partial charge in [0, 0.05) is 0 Å². The van der Waals surface area contributed by atoms with Crippen molar-refractivity contribution in [2.45, 2.75) is 25.0 Å². The minimum atomic E-state index is -3.72. The third-order valence-electron chi connectivity index (χ3n) is 2.93. The zero-order valence-electron chi connectivity index (χ0n) is 10.4. The van der Waals surface area contributed by atoms with Gasteiger partial charge in [0.1, 0.15) is 0 Å². The van der Waals surface area contributed by atoms with Crippen LogP contribution < -0.4 is 0 Å². The van der Waals surface area contributed by atoms with Gasteiger partial charge in [0.15, 0.2) is 0 Å². The number of rotatable bonds is 4. The lowest BCUT2D eigenvalue weighted by Crippen LogP contribution is -2.16. The summed E-state index contributed by atoms with van der Waals surface area (Å²) in [7, 11) is 0. The van der Waals surface area contributed by atoms with Crippen molar-refractivity contribution in [2.75, 3.05) is 6.61 Å². The summed E-state index contributed by atoms with van der Waals surface area (Å²) < 4.78 is 21.5. The second-order valence-electron chi connectivity index (χ2n) is 4.41. The monoisotopic (exact) mass is 300 g/mol. The molecule has 6 heteroatoms. The first-order chi connectivity index (χ1) is 9.04. The summed E-state index contributed by atoms with van der Waals surface area (Å²) >= 11 is 3.47. The average Bonchev–Trinajstić information content (AvgIpc) is 2.73. The molecule has 0 saturated carbocycles. The summed E-state index contributed by atoms with van der Waals surface area (Å²) in [5.41, 5.74) is 1.10. The molecule has 1 unspecified atom stereocenters. The molecule has 2 aliphatic rings. The van der Waals surface area contributed by atoms with Gasteiger partial charge in [-0.3, -0.25) is 4.52 Å². The molecule has 1 N–H and O–H groups in total. The minimum absolute atomic E-state index is 0.0130. The minimum Gasteiger partial charge on any atom is -0.368 e. The molecule has 104 valence electrons. The highest BCUT2D eigenvalue weighted by atomic mass is 32.7. The van der Waals surface area contributed by atoms with E-state index in [1.807, 2.05) is 42.5 Å². The van der Waals surface area contributed by atoms with Crippen LogP contribution in [0.25, 0.3) is 0 Å². The lowest BCUT2D eigenvalue weighted by molar-refractivity contribution is 0.0336. The van der Waals surface area contributed by atoms with Crippen LogP contribution in [0.3, 0.4) is 0 Å². The van der Waals surface area contributed by atoms with Gasteiger partial charge in [0.2, 0.25) is 0 Å². The molecular formula is C13H17O4PS. The Morgan fingerprint density at radius 1 is 1.32 bits per heavy atom. The number of allylic oxidation sites excluding steroid dienone is 6. The second-order valence-corrected chi connectivity index (χ2v) is 7.16. The molecule has 1 aliphatic heterocycles. The van der Waals surface area contributed by atoms with E-state index in [0.29, 0.717) is 0 Å². The van der Waals surface area contributed by atoms with Gasteiger partial charge >= 0.3 is 6.80 Å². The quantitative estimate of drug-likeness (QED) is 0.618. The topological polar surface area (TPSA) is 55.8 Å². The summed E-state index contributed by atoms with van der Waals surface area (Å²) in [6, 6.07) is 0. The Balaban J connectivity index is 1.89. The van der Waals surface area contributed by atoms with E-state index in [1.165, 1.54) is 0 Å². The lowest BCUT2D eigenvalue weighted by Gasteiger charge is -2.15. The predicted molar refractivity (Wildman–Crippen MR) is 78.2 cm³/mol. The van der Waals surface area contributed by atoms with E-state index in [0.717, 1.165) is 18.4 Å².